The number of aromatic nitrogens is 6. The molecule has 4 aliphatic heterocycles. The number of hydrogen-bond donors (Lipinski definition) is 6. The molecule has 4 saturated heterocycles. The van der Waals surface area contributed by atoms with Crippen LogP contribution in [-0.4, -0.2) is 200 Å². The monoisotopic (exact) mass is 1620 g/mol. The molecule has 28 nitrogen and oxygen atoms in total. The number of hydrogen-bond acceptors (Lipinski definition) is 20. The number of carboxylic acid groups (broad SMARTS) is 1. The van der Waals surface area contributed by atoms with Crippen LogP contribution in [0, 0.1) is 11.8 Å². The summed E-state index contributed by atoms with van der Waals surface area (Å²) in [4.78, 5) is 105. The van der Waals surface area contributed by atoms with E-state index >= 15 is 0 Å². The number of alkyl halides is 1. The lowest BCUT2D eigenvalue weighted by atomic mass is 9.91. The van der Waals surface area contributed by atoms with Gasteiger partial charge in [0.25, 0.3) is 11.1 Å². The van der Waals surface area contributed by atoms with Crippen molar-refractivity contribution in [3.63, 3.8) is 0 Å². The lowest BCUT2D eigenvalue weighted by Gasteiger charge is -2.36. The van der Waals surface area contributed by atoms with Gasteiger partial charge in [0.05, 0.1) is 55.9 Å². The van der Waals surface area contributed by atoms with E-state index in [-0.39, 0.29) is 65.6 Å². The van der Waals surface area contributed by atoms with E-state index in [1.807, 2.05) is 30.5 Å². The predicted octanol–water partition coefficient (Wildman–Crippen LogP) is 9.57. The van der Waals surface area contributed by atoms with Gasteiger partial charge in [0.1, 0.15) is 34.0 Å². The summed E-state index contributed by atoms with van der Waals surface area (Å²) < 4.78 is 44.4. The minimum absolute atomic E-state index is 0.0654. The Morgan fingerprint density at radius 1 is 0.556 bits per heavy atom. The zero-order chi connectivity index (χ0) is 84.6. The van der Waals surface area contributed by atoms with E-state index in [2.05, 4.69) is 99.6 Å². The van der Waals surface area contributed by atoms with Gasteiger partial charge in [-0.2, -0.15) is 10.2 Å². The van der Waals surface area contributed by atoms with Gasteiger partial charge < -0.3 is 59.4 Å². The SMILES string of the molecule is COc1cc(-c2cn(C)c(=O)c3c2cnn3C)cc(OC)c1CCCC(=O)NCCCCCCCCN1CCN(c2ccc(CC3CCC(=O)NC3=O)cc2)CC1.COc1cc(-c2cn(C)c(=O)c3c2cnn3C)cc(OC)c1CNCC(=O)O.NCCCCCCCCN1CCN(c2ccc(CC3CCC(=O)NC3=O)cc2)CC1.[2H]CF. The number of ether oxygens (including phenoxy) is 4. The molecule has 2 unspecified atom stereocenters. The van der Waals surface area contributed by atoms with Gasteiger partial charge in [-0.1, -0.05) is 75.6 Å². The molecule has 0 aliphatic carbocycles. The van der Waals surface area contributed by atoms with E-state index < -0.39 is 13.1 Å². The molecule has 634 valence electrons. The van der Waals surface area contributed by atoms with E-state index in [9.17, 15) is 42.7 Å². The number of nitrogens with one attached hydrogen (secondary N) is 4. The van der Waals surface area contributed by atoms with Gasteiger partial charge in [0, 0.05) is 182 Å². The highest BCUT2D eigenvalue weighted by Crippen LogP contribution is 2.40. The Bertz CT molecular complexity index is 4690. The zero-order valence-corrected chi connectivity index (χ0v) is 69.6. The van der Waals surface area contributed by atoms with Crippen LogP contribution in [0.15, 0.2) is 107 Å². The van der Waals surface area contributed by atoms with Crippen molar-refractivity contribution in [1.29, 1.82) is 0 Å². The second kappa shape index (κ2) is 45.9. The minimum Gasteiger partial charge on any atom is -0.496 e. The molecular weight excluding hydrogens is 1490 g/mol. The summed E-state index contributed by atoms with van der Waals surface area (Å²) in [6.07, 6.45) is 26.9. The molecule has 8 heterocycles. The Hall–Kier alpha value is -10.5. The maximum Gasteiger partial charge on any atom is 0.317 e. The van der Waals surface area contributed by atoms with Crippen molar-refractivity contribution in [2.45, 2.75) is 141 Å². The second-order valence-corrected chi connectivity index (χ2v) is 30.6. The lowest BCUT2D eigenvalue weighted by molar-refractivity contribution is -0.137. The quantitative estimate of drug-likeness (QED) is 0.0156. The summed E-state index contributed by atoms with van der Waals surface area (Å²) in [7, 11) is 12.3. The molecule has 0 spiro atoms. The van der Waals surface area contributed by atoms with E-state index in [4.69, 9.17) is 31.2 Å². The number of fused-ring (bicyclic) bond motifs is 2. The zero-order valence-electron chi connectivity index (χ0n) is 70.6. The number of imide groups is 2. The average Bonchev–Trinajstić information content (AvgIpc) is 1.59. The molecule has 29 heteroatoms. The summed E-state index contributed by atoms with van der Waals surface area (Å²) >= 11 is 0. The number of piperidine rings is 2. The fourth-order valence-corrected chi connectivity index (χ4v) is 15.9. The van der Waals surface area contributed by atoms with Crippen molar-refractivity contribution in [3.05, 3.63) is 141 Å². The highest BCUT2D eigenvalue weighted by atomic mass is 19.1. The first-order valence-corrected chi connectivity index (χ1v) is 41.2. The third-order valence-corrected chi connectivity index (χ3v) is 22.6. The molecular formula is C88H122FN15O13. The third kappa shape index (κ3) is 25.5. The molecule has 0 saturated carbocycles. The maximum absolute atomic E-state index is 12.8. The number of carboxylic acids is 1. The standard InChI is InChI=1S/C44H59N7O6.C24H38N4O2.C19H22N4O5.CH3F/c1-48-30-37(36-29-46-49(2)42(36)44(48)55)33-27-38(56-3)35(39(28-33)57-4)12-11-13-40(52)45-20-9-7-5-6-8-10-21-50-22-24-51(25-23-50)34-17-14-31(15-18-34)26-32-16-19-41(53)47-43(32)54;25-13-5-3-1-2-4-6-14-27-15-17-28(18-16-27)22-10-7-20(8-11-22)19-21-9-12-23(29)26-24(21)30;1-22-10-14(12-8-21-23(2)18(12)19(22)26)11-5-15(27-3)13(16(6-11)28-4)7-20-9-17(24)25;1-2/h14-15,17-18,27-30,32H,5-13,16,19-26H2,1-4H3,(H,45,52)(H,47,53,54);7-8,10-11,21H,1-6,9,12-19,25H2,(H,26,29,30);5-6,8,10,20H,7,9H2,1-4H3,(H,24,25);1H3/i;;;1D. The number of pyridine rings is 2. The molecule has 8 aromatic rings. The number of carbonyl (C=O) groups is 6. The number of piperazine rings is 2. The molecule has 2 atom stereocenters. The normalized spacial score (nSPS) is 15.9. The average molecular weight is 1620 g/mol. The first-order chi connectivity index (χ1) is 57.1. The number of anilines is 2. The van der Waals surface area contributed by atoms with Crippen molar-refractivity contribution < 1.29 is 58.6 Å². The summed E-state index contributed by atoms with van der Waals surface area (Å²) in [5, 5.41) is 29.7. The largest absolute Gasteiger partial charge is 0.496 e. The van der Waals surface area contributed by atoms with Crippen molar-refractivity contribution in [2.24, 2.45) is 45.8 Å². The van der Waals surface area contributed by atoms with Crippen LogP contribution in [-0.2, 0) is 82.8 Å². The molecule has 7 N–H and O–H groups in total. The van der Waals surface area contributed by atoms with Gasteiger partial charge >= 0.3 is 5.97 Å². The van der Waals surface area contributed by atoms with Gasteiger partial charge in [0.2, 0.25) is 29.5 Å². The van der Waals surface area contributed by atoms with Crippen LogP contribution in [0.4, 0.5) is 15.8 Å². The van der Waals surface area contributed by atoms with Gasteiger partial charge in [-0.05, 0) is 155 Å². The summed E-state index contributed by atoms with van der Waals surface area (Å²) in [5.41, 5.74) is 16.1. The maximum atomic E-state index is 12.8. The van der Waals surface area contributed by atoms with Gasteiger partial charge in [-0.3, -0.25) is 72.5 Å². The summed E-state index contributed by atoms with van der Waals surface area (Å²) in [6, 6.07) is 24.8. The van der Waals surface area contributed by atoms with Crippen molar-refractivity contribution in [1.82, 2.24) is 59.8 Å². The molecule has 0 bridgehead atoms. The Labute approximate surface area is 687 Å². The van der Waals surface area contributed by atoms with Crippen LogP contribution in [0.5, 0.6) is 23.0 Å². The van der Waals surface area contributed by atoms with Crippen molar-refractivity contribution in [2.75, 3.05) is 130 Å². The first kappa shape index (κ1) is 88.9. The molecule has 0 radical (unpaired) electrons. The smallest absolute Gasteiger partial charge is 0.317 e. The predicted molar refractivity (Wildman–Crippen MR) is 455 cm³/mol. The van der Waals surface area contributed by atoms with E-state index in [1.54, 1.807) is 89.2 Å². The third-order valence-electron chi connectivity index (χ3n) is 22.6. The Morgan fingerprint density at radius 3 is 1.34 bits per heavy atom. The lowest BCUT2D eigenvalue weighted by Crippen LogP contribution is -2.46. The number of benzene rings is 4. The second-order valence-electron chi connectivity index (χ2n) is 30.6. The Kier molecular flexibility index (Phi) is 34.8. The van der Waals surface area contributed by atoms with Crippen LogP contribution < -0.4 is 66.9 Å². The molecule has 117 heavy (non-hydrogen) atoms. The van der Waals surface area contributed by atoms with Crippen LogP contribution >= 0.6 is 0 Å². The molecule has 5 amide bonds. The highest BCUT2D eigenvalue weighted by molar-refractivity contribution is 6.00. The number of nitrogens with zero attached hydrogens (tertiary/aromatic N) is 10. The van der Waals surface area contributed by atoms with E-state index in [1.165, 1.54) is 92.3 Å². The number of rotatable bonds is 37. The number of nitrogens with two attached hydrogens (primary N) is 1. The molecule has 4 aromatic carbocycles. The Morgan fingerprint density at radius 2 is 0.949 bits per heavy atom. The number of methoxy groups -OCH3 is 4. The molecule has 4 aromatic heterocycles. The van der Waals surface area contributed by atoms with E-state index in [0.717, 1.165) is 122 Å². The number of aryl methyl sites for hydroxylation is 4. The first-order valence-electron chi connectivity index (χ1n) is 41.9. The minimum atomic E-state index is -1.00. The van der Waals surface area contributed by atoms with Gasteiger partial charge in [-0.25, -0.2) is 0 Å². The van der Waals surface area contributed by atoms with Crippen LogP contribution in [0.3, 0.4) is 0 Å². The van der Waals surface area contributed by atoms with Crippen LogP contribution in [0.2, 0.25) is 0 Å². The Balaban J connectivity index is 0.000000218. The number of amides is 5. The fourth-order valence-electron chi connectivity index (χ4n) is 15.9. The molecule has 4 fully saturated rings. The number of carbonyl (C=O) groups excluding carboxylic acids is 5. The van der Waals surface area contributed by atoms with Crippen LogP contribution in [0.25, 0.3) is 44.1 Å². The van der Waals surface area contributed by atoms with Gasteiger partial charge in [0.15, 0.2) is 0 Å². The fraction of sp³-hybridized carbons (Fsp3) is 0.523. The topological polar surface area (TPSA) is 326 Å². The summed E-state index contributed by atoms with van der Waals surface area (Å²) in [6.45, 7) is 12.6. The van der Waals surface area contributed by atoms with E-state index in [0.29, 0.717) is 104 Å². The summed E-state index contributed by atoms with van der Waals surface area (Å²) in [5.74, 6) is 0.810. The highest BCUT2D eigenvalue weighted by Gasteiger charge is 2.30. The van der Waals surface area contributed by atoms with Crippen LogP contribution in [0.1, 0.15) is 139 Å². The van der Waals surface area contributed by atoms with Crippen molar-refractivity contribution >= 4 is 68.7 Å². The number of halogens is 1. The van der Waals surface area contributed by atoms with Crippen molar-refractivity contribution in [3.8, 4) is 45.3 Å². The number of unbranched alkanes of at least 4 members (excludes halogenated alkanes) is 10. The van der Waals surface area contributed by atoms with Gasteiger partial charge in [-0.15, -0.1) is 0 Å². The molecule has 4 aliphatic rings. The number of aliphatic carboxylic acids is 1. The molecule has 12 rings (SSSR count).